The summed E-state index contributed by atoms with van der Waals surface area (Å²) in [5, 5.41) is 13.3. The first-order chi connectivity index (χ1) is 23.7. The summed E-state index contributed by atoms with van der Waals surface area (Å²) < 4.78 is 15.5. The van der Waals surface area contributed by atoms with Crippen LogP contribution in [-0.4, -0.2) is 14.4 Å². The van der Waals surface area contributed by atoms with Crippen molar-refractivity contribution < 1.29 is 8.83 Å². The maximum Gasteiger partial charge on any atom is 0.236 e. The van der Waals surface area contributed by atoms with Gasteiger partial charge in [0.05, 0.1) is 16.4 Å². The number of nitrogens with zero attached hydrogens (tertiary/aromatic N) is 3. The first-order valence-electron chi connectivity index (χ1n) is 16.2. The zero-order valence-corrected chi connectivity index (χ0v) is 25.7. The quantitative estimate of drug-likeness (QED) is 0.171. The summed E-state index contributed by atoms with van der Waals surface area (Å²) in [5.41, 5.74) is 8.04. The molecule has 12 aromatic rings. The highest BCUT2D eigenvalue weighted by atomic mass is 16.3. The minimum atomic E-state index is 0.607. The second-order valence-electron chi connectivity index (χ2n) is 13.1. The van der Waals surface area contributed by atoms with Crippen molar-refractivity contribution in [2.75, 3.05) is 0 Å². The van der Waals surface area contributed by atoms with Crippen LogP contribution in [0.3, 0.4) is 0 Å². The van der Waals surface area contributed by atoms with Gasteiger partial charge < -0.3 is 8.83 Å². The summed E-state index contributed by atoms with van der Waals surface area (Å²) in [6.45, 7) is 2.15. The summed E-state index contributed by atoms with van der Waals surface area (Å²) in [6, 6.07) is 43.3. The monoisotopic (exact) mass is 613 g/mol. The summed E-state index contributed by atoms with van der Waals surface area (Å²) in [5.74, 6) is 0.607. The number of hydrogen-bond donors (Lipinski definition) is 0. The van der Waals surface area contributed by atoms with Crippen LogP contribution in [0.25, 0.3) is 115 Å². The van der Waals surface area contributed by atoms with Crippen molar-refractivity contribution in [3.63, 3.8) is 0 Å². The number of benzene rings is 7. The van der Waals surface area contributed by atoms with Gasteiger partial charge in [-0.1, -0.05) is 72.8 Å². The van der Waals surface area contributed by atoms with Crippen molar-refractivity contribution in [2.24, 2.45) is 0 Å². The Hall–Kier alpha value is -6.46. The van der Waals surface area contributed by atoms with E-state index in [1.165, 1.54) is 10.8 Å². The Balaban J connectivity index is 1.45. The van der Waals surface area contributed by atoms with Gasteiger partial charge in [0.1, 0.15) is 27.8 Å². The Morgan fingerprint density at radius 1 is 0.458 bits per heavy atom. The molecule has 7 aromatic carbocycles. The largest absolute Gasteiger partial charge is 0.456 e. The van der Waals surface area contributed by atoms with Gasteiger partial charge in [-0.2, -0.15) is 0 Å². The van der Waals surface area contributed by atoms with Crippen LogP contribution in [0.5, 0.6) is 0 Å². The van der Waals surface area contributed by atoms with Crippen molar-refractivity contribution >= 4 is 115 Å². The lowest BCUT2D eigenvalue weighted by Crippen LogP contribution is -1.93. The van der Waals surface area contributed by atoms with E-state index < -0.39 is 0 Å². The molecule has 0 spiro atoms. The van der Waals surface area contributed by atoms with Crippen LogP contribution < -0.4 is 0 Å². The first kappa shape index (κ1) is 24.7. The molecule has 0 N–H and O–H groups in total. The van der Waals surface area contributed by atoms with Gasteiger partial charge in [0, 0.05) is 26.9 Å². The molecule has 222 valence electrons. The maximum absolute atomic E-state index is 6.72. The number of furan rings is 2. The molecule has 0 fully saturated rings. The van der Waals surface area contributed by atoms with Gasteiger partial charge in [0.2, 0.25) is 5.78 Å². The Kier molecular flexibility index (Phi) is 4.36. The van der Waals surface area contributed by atoms with Crippen LogP contribution in [0.15, 0.2) is 130 Å². The van der Waals surface area contributed by atoms with Crippen molar-refractivity contribution in [3.05, 3.63) is 127 Å². The minimum Gasteiger partial charge on any atom is -0.456 e. The number of rotatable bonds is 0. The van der Waals surface area contributed by atoms with E-state index in [4.69, 9.17) is 18.8 Å². The van der Waals surface area contributed by atoms with E-state index in [2.05, 4.69) is 133 Å². The maximum atomic E-state index is 6.72. The number of aryl methyl sites for hydroxylation is 1. The highest BCUT2D eigenvalue weighted by molar-refractivity contribution is 6.25. The summed E-state index contributed by atoms with van der Waals surface area (Å²) >= 11 is 0. The van der Waals surface area contributed by atoms with Gasteiger partial charge in [-0.15, -0.1) is 0 Å². The highest BCUT2D eigenvalue weighted by Gasteiger charge is 2.20. The van der Waals surface area contributed by atoms with E-state index in [-0.39, 0.29) is 0 Å². The van der Waals surface area contributed by atoms with Crippen molar-refractivity contribution in [2.45, 2.75) is 6.92 Å². The fourth-order valence-corrected chi connectivity index (χ4v) is 8.23. The van der Waals surface area contributed by atoms with Crippen molar-refractivity contribution in [1.29, 1.82) is 0 Å². The SMILES string of the molecule is Cc1cc2cc(c1)c1nc(nc3c1oc1ccc4ccccc4c13)n1c3ccccc3c3cc4oc5ccc6ccc2cc6c5c4cc31. The Morgan fingerprint density at radius 3 is 2.10 bits per heavy atom. The molecule has 12 rings (SSSR count). The van der Waals surface area contributed by atoms with Gasteiger partial charge in [0.25, 0.3) is 0 Å². The van der Waals surface area contributed by atoms with Gasteiger partial charge in [0.15, 0.2) is 5.58 Å². The van der Waals surface area contributed by atoms with Crippen LogP contribution in [-0.2, 0) is 0 Å². The molecule has 0 saturated carbocycles. The molecule has 5 nitrogen and oxygen atoms in total. The molecule has 0 aliphatic rings. The first-order valence-corrected chi connectivity index (χ1v) is 16.2. The molecule has 0 unspecified atom stereocenters. The highest BCUT2D eigenvalue weighted by Crippen LogP contribution is 2.41. The van der Waals surface area contributed by atoms with Gasteiger partial charge in [-0.25, -0.2) is 9.97 Å². The van der Waals surface area contributed by atoms with Crippen LogP contribution in [0.2, 0.25) is 0 Å². The molecule has 0 aliphatic heterocycles. The Bertz CT molecular complexity index is 3420. The third-order valence-corrected chi connectivity index (χ3v) is 10.3. The lowest BCUT2D eigenvalue weighted by Gasteiger charge is -2.05. The standard InChI is InChI=1S/C43H23N3O2/c1-22-16-26-18-27(17-22)40-42-41(39-28-7-3-2-6-23(28)12-15-36(39)48-42)45-43(44-40)46-33-9-5-4-8-29(33)31-21-37-32(20-34(31)46)38-30-19-25(26)11-10-24(30)13-14-35(38)47-37/h2-21H,1H3. The fourth-order valence-electron chi connectivity index (χ4n) is 8.23. The Morgan fingerprint density at radius 2 is 1.19 bits per heavy atom. The average Bonchev–Trinajstić information content (AvgIpc) is 3.78. The number of fused-ring (bicyclic) bond motifs is 17. The predicted octanol–water partition coefficient (Wildman–Crippen LogP) is 11.8. The molecule has 0 atom stereocenters. The van der Waals surface area contributed by atoms with E-state index in [0.717, 1.165) is 98.2 Å². The molecule has 5 aromatic heterocycles. The Labute approximate surface area is 271 Å². The zero-order chi connectivity index (χ0) is 31.2. The third kappa shape index (κ3) is 3.06. The van der Waals surface area contributed by atoms with Crippen LogP contribution in [0.4, 0.5) is 0 Å². The zero-order valence-electron chi connectivity index (χ0n) is 25.7. The second-order valence-corrected chi connectivity index (χ2v) is 13.1. The van der Waals surface area contributed by atoms with Crippen molar-refractivity contribution in [1.82, 2.24) is 14.4 Å². The number of para-hydroxylation sites is 1. The second kappa shape index (κ2) is 8.46. The molecule has 0 aliphatic carbocycles. The van der Waals surface area contributed by atoms with Crippen molar-refractivity contribution in [3.8, 4) is 0 Å². The summed E-state index contributed by atoms with van der Waals surface area (Å²) in [7, 11) is 0. The number of aromatic nitrogens is 3. The van der Waals surface area contributed by atoms with E-state index in [1.807, 2.05) is 0 Å². The summed E-state index contributed by atoms with van der Waals surface area (Å²) in [6.07, 6.45) is 0. The molecule has 48 heavy (non-hydrogen) atoms. The van der Waals surface area contributed by atoms with Gasteiger partial charge in [-0.3, -0.25) is 4.40 Å². The molecule has 0 saturated heterocycles. The van der Waals surface area contributed by atoms with E-state index in [9.17, 15) is 0 Å². The molecule has 5 heterocycles. The van der Waals surface area contributed by atoms with Crippen LogP contribution in [0, 0.1) is 6.92 Å². The normalized spacial score (nSPS) is 12.7. The topological polar surface area (TPSA) is 56.5 Å². The smallest absolute Gasteiger partial charge is 0.236 e. The lowest BCUT2D eigenvalue weighted by molar-refractivity contribution is 0.669. The number of hydrogen-bond acceptors (Lipinski definition) is 4. The fraction of sp³-hybridized carbons (Fsp3) is 0.0233. The minimum absolute atomic E-state index is 0.607. The van der Waals surface area contributed by atoms with E-state index in [1.54, 1.807) is 0 Å². The molecular formula is C43H23N3O2. The third-order valence-electron chi connectivity index (χ3n) is 10.3. The molecular weight excluding hydrogens is 590 g/mol. The molecule has 0 radical (unpaired) electrons. The summed E-state index contributed by atoms with van der Waals surface area (Å²) in [4.78, 5) is 10.8. The van der Waals surface area contributed by atoms with Gasteiger partial charge >= 0.3 is 0 Å². The van der Waals surface area contributed by atoms with Gasteiger partial charge in [-0.05, 0) is 93.3 Å². The van der Waals surface area contributed by atoms with E-state index >= 15 is 0 Å². The van der Waals surface area contributed by atoms with E-state index in [0.29, 0.717) is 11.4 Å². The predicted molar refractivity (Wildman–Crippen MR) is 197 cm³/mol. The molecule has 0 amide bonds. The van der Waals surface area contributed by atoms with Crippen LogP contribution >= 0.6 is 0 Å². The molecule has 5 heteroatoms. The lowest BCUT2D eigenvalue weighted by atomic mass is 9.99. The molecule has 8 bridgehead atoms. The van der Waals surface area contributed by atoms with Crippen LogP contribution in [0.1, 0.15) is 5.56 Å². The average molecular weight is 614 g/mol.